The Hall–Kier alpha value is -1.68. The first-order valence-corrected chi connectivity index (χ1v) is 7.24. The molecule has 0 saturated heterocycles. The smallest absolute Gasteiger partial charge is 0.146 e. The zero-order chi connectivity index (χ0) is 14.1. The van der Waals surface area contributed by atoms with Crippen LogP contribution in [0.2, 0.25) is 0 Å². The monoisotopic (exact) mass is 333 g/mol. The topological polar surface area (TPSA) is 29.1 Å². The zero-order valence-electron chi connectivity index (χ0n) is 10.7. The summed E-state index contributed by atoms with van der Waals surface area (Å²) in [5.74, 6) is -0.273. The Labute approximate surface area is 125 Å². The third kappa shape index (κ3) is 2.48. The van der Waals surface area contributed by atoms with E-state index in [1.165, 1.54) is 6.07 Å². The molecule has 1 unspecified atom stereocenters. The largest absolute Gasteiger partial charge is 0.384 e. The average Bonchev–Trinajstić information content (AvgIpc) is 2.87. The predicted molar refractivity (Wildman–Crippen MR) is 80.5 cm³/mol. The lowest BCUT2D eigenvalue weighted by molar-refractivity contribution is -0.119. The molecular formula is C16H13BrFNO. The second-order valence-electron chi connectivity index (χ2n) is 4.91. The number of fused-ring (bicyclic) bond motifs is 1. The molecule has 0 spiro atoms. The van der Waals surface area contributed by atoms with Gasteiger partial charge >= 0.3 is 0 Å². The van der Waals surface area contributed by atoms with Gasteiger partial charge in [0.1, 0.15) is 11.6 Å². The Kier molecular flexibility index (Phi) is 3.57. The minimum atomic E-state index is -0.311. The maximum atomic E-state index is 13.2. The fourth-order valence-corrected chi connectivity index (χ4v) is 2.97. The molecule has 1 atom stereocenters. The van der Waals surface area contributed by atoms with E-state index in [-0.39, 0.29) is 17.5 Å². The molecule has 0 amide bonds. The van der Waals surface area contributed by atoms with Crippen LogP contribution in [0.3, 0.4) is 0 Å². The summed E-state index contributed by atoms with van der Waals surface area (Å²) in [5, 5.41) is 3.25. The molecular weight excluding hydrogens is 321 g/mol. The highest BCUT2D eigenvalue weighted by Crippen LogP contribution is 2.32. The van der Waals surface area contributed by atoms with E-state index in [4.69, 9.17) is 0 Å². The highest BCUT2D eigenvalue weighted by molar-refractivity contribution is 9.10. The van der Waals surface area contributed by atoms with Gasteiger partial charge in [-0.2, -0.15) is 0 Å². The molecule has 1 aliphatic heterocycles. The van der Waals surface area contributed by atoms with Crippen molar-refractivity contribution in [2.75, 3.05) is 11.9 Å². The number of hydrogen-bond donors (Lipinski definition) is 1. The van der Waals surface area contributed by atoms with Crippen molar-refractivity contribution in [2.24, 2.45) is 0 Å². The predicted octanol–water partition coefficient (Wildman–Crippen LogP) is 3.91. The minimum absolute atomic E-state index is 0.116. The number of benzene rings is 2. The lowest BCUT2D eigenvalue weighted by atomic mass is 9.93. The van der Waals surface area contributed by atoms with Gasteiger partial charge in [-0.05, 0) is 45.3 Å². The van der Waals surface area contributed by atoms with Crippen LogP contribution in [0.1, 0.15) is 17.0 Å². The quantitative estimate of drug-likeness (QED) is 0.922. The van der Waals surface area contributed by atoms with Gasteiger partial charge < -0.3 is 5.32 Å². The van der Waals surface area contributed by atoms with Crippen molar-refractivity contribution in [3.8, 4) is 0 Å². The summed E-state index contributed by atoms with van der Waals surface area (Å²) in [6.07, 6.45) is 0.319. The minimum Gasteiger partial charge on any atom is -0.384 e. The fourth-order valence-electron chi connectivity index (χ4n) is 2.55. The molecule has 1 heterocycles. The maximum absolute atomic E-state index is 13.2. The summed E-state index contributed by atoms with van der Waals surface area (Å²) >= 11 is 3.15. The summed E-state index contributed by atoms with van der Waals surface area (Å²) in [5.41, 5.74) is 2.91. The number of anilines is 1. The van der Waals surface area contributed by atoms with Crippen molar-refractivity contribution < 1.29 is 9.18 Å². The molecule has 0 saturated carbocycles. The van der Waals surface area contributed by atoms with E-state index in [2.05, 4.69) is 21.2 Å². The first-order valence-electron chi connectivity index (χ1n) is 6.44. The van der Waals surface area contributed by atoms with E-state index < -0.39 is 0 Å². The maximum Gasteiger partial charge on any atom is 0.146 e. The number of para-hydroxylation sites is 1. The van der Waals surface area contributed by atoms with Crippen LogP contribution < -0.4 is 5.32 Å². The van der Waals surface area contributed by atoms with Crippen molar-refractivity contribution in [2.45, 2.75) is 12.3 Å². The summed E-state index contributed by atoms with van der Waals surface area (Å²) in [6.45, 7) is 0.639. The van der Waals surface area contributed by atoms with Gasteiger partial charge in [0, 0.05) is 18.7 Å². The average molecular weight is 334 g/mol. The first kappa shape index (κ1) is 13.3. The van der Waals surface area contributed by atoms with Crippen molar-refractivity contribution >= 4 is 27.4 Å². The normalized spacial score (nSPS) is 16.6. The number of halogens is 2. The molecule has 2 aromatic rings. The van der Waals surface area contributed by atoms with E-state index in [1.54, 1.807) is 12.1 Å². The van der Waals surface area contributed by atoms with Gasteiger partial charge in [0.2, 0.25) is 0 Å². The van der Waals surface area contributed by atoms with E-state index in [1.807, 2.05) is 24.3 Å². The Bertz CT molecular complexity index is 671. The summed E-state index contributed by atoms with van der Waals surface area (Å²) in [7, 11) is 0. The molecule has 2 aromatic carbocycles. The number of carbonyl (C=O) groups excluding carboxylic acids is 1. The molecule has 0 radical (unpaired) electrons. The number of hydrogen-bond acceptors (Lipinski definition) is 2. The number of rotatable bonds is 3. The van der Waals surface area contributed by atoms with Gasteiger partial charge in [-0.3, -0.25) is 4.79 Å². The highest BCUT2D eigenvalue weighted by Gasteiger charge is 2.27. The number of carbonyl (C=O) groups is 1. The molecule has 0 aliphatic carbocycles. The third-order valence-corrected chi connectivity index (χ3v) is 4.19. The van der Waals surface area contributed by atoms with Crippen LogP contribution in [-0.4, -0.2) is 12.3 Å². The Morgan fingerprint density at radius 1 is 1.30 bits per heavy atom. The molecule has 4 heteroatoms. The van der Waals surface area contributed by atoms with Gasteiger partial charge in [0.25, 0.3) is 0 Å². The second kappa shape index (κ2) is 5.37. The van der Waals surface area contributed by atoms with Crippen molar-refractivity contribution in [1.29, 1.82) is 0 Å². The standard InChI is InChI=1S/C16H13BrFNO/c17-13-7-10(5-6-14(13)18)8-16(20)12-9-19-15-4-2-1-3-11(12)15/h1-7,12,19H,8-9H2. The zero-order valence-corrected chi connectivity index (χ0v) is 12.3. The van der Waals surface area contributed by atoms with Crippen molar-refractivity contribution in [3.05, 3.63) is 63.9 Å². The van der Waals surface area contributed by atoms with Crippen LogP contribution in [0.5, 0.6) is 0 Å². The van der Waals surface area contributed by atoms with E-state index >= 15 is 0 Å². The van der Waals surface area contributed by atoms with E-state index in [0.717, 1.165) is 16.8 Å². The van der Waals surface area contributed by atoms with E-state index in [9.17, 15) is 9.18 Å². The fraction of sp³-hybridized carbons (Fsp3) is 0.188. The second-order valence-corrected chi connectivity index (χ2v) is 5.77. The van der Waals surface area contributed by atoms with Gasteiger partial charge in [-0.15, -0.1) is 0 Å². The molecule has 1 aliphatic rings. The van der Waals surface area contributed by atoms with Crippen LogP contribution in [0.4, 0.5) is 10.1 Å². The van der Waals surface area contributed by atoms with Crippen LogP contribution in [0, 0.1) is 5.82 Å². The molecule has 2 nitrogen and oxygen atoms in total. The molecule has 102 valence electrons. The summed E-state index contributed by atoms with van der Waals surface area (Å²) in [6, 6.07) is 12.6. The van der Waals surface area contributed by atoms with Crippen molar-refractivity contribution in [3.63, 3.8) is 0 Å². The van der Waals surface area contributed by atoms with E-state index in [0.29, 0.717) is 17.4 Å². The third-order valence-electron chi connectivity index (χ3n) is 3.58. The number of Topliss-reactive ketones (excluding diaryl/α,β-unsaturated/α-hetero) is 1. The molecule has 0 bridgehead atoms. The summed E-state index contributed by atoms with van der Waals surface area (Å²) in [4.78, 5) is 12.4. The van der Waals surface area contributed by atoms with Gasteiger partial charge in [0.15, 0.2) is 0 Å². The molecule has 0 fully saturated rings. The van der Waals surface area contributed by atoms with Gasteiger partial charge in [-0.25, -0.2) is 4.39 Å². The summed E-state index contributed by atoms with van der Waals surface area (Å²) < 4.78 is 13.6. The Morgan fingerprint density at radius 2 is 2.10 bits per heavy atom. The van der Waals surface area contributed by atoms with Gasteiger partial charge in [-0.1, -0.05) is 24.3 Å². The molecule has 20 heavy (non-hydrogen) atoms. The first-order chi connectivity index (χ1) is 9.65. The van der Waals surface area contributed by atoms with Crippen LogP contribution in [-0.2, 0) is 11.2 Å². The molecule has 3 rings (SSSR count). The van der Waals surface area contributed by atoms with Crippen LogP contribution in [0.15, 0.2) is 46.9 Å². The van der Waals surface area contributed by atoms with Gasteiger partial charge in [0.05, 0.1) is 10.4 Å². The number of nitrogens with one attached hydrogen (secondary N) is 1. The Balaban J connectivity index is 1.79. The van der Waals surface area contributed by atoms with Crippen LogP contribution in [0.25, 0.3) is 0 Å². The molecule has 0 aromatic heterocycles. The lowest BCUT2D eigenvalue weighted by Gasteiger charge is -2.09. The highest BCUT2D eigenvalue weighted by atomic mass is 79.9. The SMILES string of the molecule is O=C(Cc1ccc(F)c(Br)c1)C1CNc2ccccc21. The van der Waals surface area contributed by atoms with Crippen LogP contribution >= 0.6 is 15.9 Å². The van der Waals surface area contributed by atoms with Crippen molar-refractivity contribution in [1.82, 2.24) is 0 Å². The molecule has 1 N–H and O–H groups in total. The Morgan fingerprint density at radius 3 is 2.90 bits per heavy atom. The number of ketones is 1. The lowest BCUT2D eigenvalue weighted by Crippen LogP contribution is -2.16.